The molecule has 4 nitrogen and oxygen atoms in total. The standard InChI is InChI=1S/C12H18N2O2/c1-14(8-10-4-5-13-7-10)9-11(15)12-3-2-6-16-12/h2-3,6,10,13H,4-5,7-9H2,1H3/t10-/m0/s1. The van der Waals surface area contributed by atoms with Crippen LogP contribution < -0.4 is 5.32 Å². The first-order valence-electron chi connectivity index (χ1n) is 5.71. The highest BCUT2D eigenvalue weighted by Crippen LogP contribution is 2.09. The maximum absolute atomic E-state index is 11.7. The van der Waals surface area contributed by atoms with Crippen molar-refractivity contribution >= 4 is 5.78 Å². The Kier molecular flexibility index (Phi) is 3.74. The second-order valence-corrected chi connectivity index (χ2v) is 4.46. The van der Waals surface area contributed by atoms with Crippen LogP contribution in [0.2, 0.25) is 0 Å². The number of carbonyl (C=O) groups excluding carboxylic acids is 1. The van der Waals surface area contributed by atoms with E-state index < -0.39 is 0 Å². The molecule has 1 aromatic heterocycles. The zero-order chi connectivity index (χ0) is 11.4. The number of hydrogen-bond donors (Lipinski definition) is 1. The van der Waals surface area contributed by atoms with E-state index in [0.717, 1.165) is 19.6 Å². The third-order valence-corrected chi connectivity index (χ3v) is 2.94. The number of furan rings is 1. The van der Waals surface area contributed by atoms with Crippen LogP contribution in [0, 0.1) is 5.92 Å². The number of rotatable bonds is 5. The minimum Gasteiger partial charge on any atom is -0.461 e. The summed E-state index contributed by atoms with van der Waals surface area (Å²) in [5.41, 5.74) is 0. The monoisotopic (exact) mass is 222 g/mol. The SMILES string of the molecule is CN(CC(=O)c1ccco1)C[C@H]1CCNC1. The van der Waals surface area contributed by atoms with E-state index in [2.05, 4.69) is 10.2 Å². The Morgan fingerprint density at radius 1 is 1.69 bits per heavy atom. The number of likely N-dealkylation sites (N-methyl/N-ethyl adjacent to an activating group) is 1. The fourth-order valence-electron chi connectivity index (χ4n) is 2.14. The third kappa shape index (κ3) is 2.93. The highest BCUT2D eigenvalue weighted by molar-refractivity contribution is 5.94. The lowest BCUT2D eigenvalue weighted by Gasteiger charge is -2.18. The van der Waals surface area contributed by atoms with Crippen LogP contribution in [0.3, 0.4) is 0 Å². The van der Waals surface area contributed by atoms with Gasteiger partial charge in [0.1, 0.15) is 0 Å². The van der Waals surface area contributed by atoms with Crippen molar-refractivity contribution in [1.82, 2.24) is 10.2 Å². The van der Waals surface area contributed by atoms with E-state index in [0.29, 0.717) is 18.2 Å². The molecule has 4 heteroatoms. The van der Waals surface area contributed by atoms with Crippen molar-refractivity contribution in [2.24, 2.45) is 5.92 Å². The second kappa shape index (κ2) is 5.27. The van der Waals surface area contributed by atoms with E-state index in [4.69, 9.17) is 4.42 Å². The fraction of sp³-hybridized carbons (Fsp3) is 0.583. The molecular formula is C12H18N2O2. The Morgan fingerprint density at radius 2 is 2.56 bits per heavy atom. The number of nitrogens with zero attached hydrogens (tertiary/aromatic N) is 1. The highest BCUT2D eigenvalue weighted by Gasteiger charge is 2.18. The van der Waals surface area contributed by atoms with Gasteiger partial charge in [0.05, 0.1) is 12.8 Å². The Bertz CT molecular complexity index is 329. The van der Waals surface area contributed by atoms with E-state index in [1.807, 2.05) is 7.05 Å². The summed E-state index contributed by atoms with van der Waals surface area (Å²) in [5, 5.41) is 3.33. The van der Waals surface area contributed by atoms with E-state index in [-0.39, 0.29) is 5.78 Å². The van der Waals surface area contributed by atoms with Crippen molar-refractivity contribution in [1.29, 1.82) is 0 Å². The van der Waals surface area contributed by atoms with Gasteiger partial charge in [0.25, 0.3) is 0 Å². The first-order chi connectivity index (χ1) is 7.75. The van der Waals surface area contributed by atoms with Gasteiger partial charge in [-0.1, -0.05) is 0 Å². The van der Waals surface area contributed by atoms with Crippen LogP contribution in [0.15, 0.2) is 22.8 Å². The molecule has 16 heavy (non-hydrogen) atoms. The minimum atomic E-state index is 0.0541. The van der Waals surface area contributed by atoms with Crippen LogP contribution >= 0.6 is 0 Å². The van der Waals surface area contributed by atoms with Gasteiger partial charge >= 0.3 is 0 Å². The number of nitrogens with one attached hydrogen (secondary N) is 1. The molecule has 1 saturated heterocycles. The molecule has 1 aliphatic heterocycles. The molecule has 0 unspecified atom stereocenters. The molecule has 0 aromatic carbocycles. The van der Waals surface area contributed by atoms with Gasteiger partial charge in [-0.2, -0.15) is 0 Å². The summed E-state index contributed by atoms with van der Waals surface area (Å²) in [4.78, 5) is 13.8. The van der Waals surface area contributed by atoms with E-state index in [1.165, 1.54) is 12.7 Å². The summed E-state index contributed by atoms with van der Waals surface area (Å²) in [5.74, 6) is 1.18. The Hall–Kier alpha value is -1.13. The predicted molar refractivity (Wildman–Crippen MR) is 61.5 cm³/mol. The smallest absolute Gasteiger partial charge is 0.211 e. The largest absolute Gasteiger partial charge is 0.461 e. The molecule has 1 atom stereocenters. The van der Waals surface area contributed by atoms with Gasteiger partial charge in [-0.05, 0) is 44.6 Å². The molecule has 1 N–H and O–H groups in total. The van der Waals surface area contributed by atoms with Gasteiger partial charge in [0.2, 0.25) is 5.78 Å². The van der Waals surface area contributed by atoms with Crippen LogP contribution in [0.4, 0.5) is 0 Å². The van der Waals surface area contributed by atoms with E-state index >= 15 is 0 Å². The molecule has 1 aliphatic rings. The predicted octanol–water partition coefficient (Wildman–Crippen LogP) is 1.00. The van der Waals surface area contributed by atoms with Gasteiger partial charge in [0, 0.05) is 6.54 Å². The first kappa shape index (κ1) is 11.4. The summed E-state index contributed by atoms with van der Waals surface area (Å²) >= 11 is 0. The van der Waals surface area contributed by atoms with Crippen molar-refractivity contribution in [3.8, 4) is 0 Å². The molecule has 2 heterocycles. The molecule has 0 radical (unpaired) electrons. The van der Waals surface area contributed by atoms with Gasteiger partial charge in [-0.25, -0.2) is 0 Å². The molecule has 2 rings (SSSR count). The quantitative estimate of drug-likeness (QED) is 0.755. The molecule has 1 fully saturated rings. The summed E-state index contributed by atoms with van der Waals surface area (Å²) in [6.07, 6.45) is 2.74. The lowest BCUT2D eigenvalue weighted by atomic mass is 10.1. The van der Waals surface area contributed by atoms with Crippen LogP contribution in [0.25, 0.3) is 0 Å². The molecule has 0 saturated carbocycles. The lowest BCUT2D eigenvalue weighted by Crippen LogP contribution is -2.31. The summed E-state index contributed by atoms with van der Waals surface area (Å²) < 4.78 is 5.08. The summed E-state index contributed by atoms with van der Waals surface area (Å²) in [6, 6.07) is 3.46. The third-order valence-electron chi connectivity index (χ3n) is 2.94. The topological polar surface area (TPSA) is 45.5 Å². The normalized spacial score (nSPS) is 20.5. The fourth-order valence-corrected chi connectivity index (χ4v) is 2.14. The van der Waals surface area contributed by atoms with E-state index in [1.54, 1.807) is 12.1 Å². The van der Waals surface area contributed by atoms with Crippen LogP contribution in [0.1, 0.15) is 17.0 Å². The maximum atomic E-state index is 11.7. The lowest BCUT2D eigenvalue weighted by molar-refractivity contribution is 0.0912. The van der Waals surface area contributed by atoms with Crippen LogP contribution in [0.5, 0.6) is 0 Å². The number of hydrogen-bond acceptors (Lipinski definition) is 4. The Morgan fingerprint density at radius 3 is 3.19 bits per heavy atom. The second-order valence-electron chi connectivity index (χ2n) is 4.46. The Labute approximate surface area is 95.6 Å². The molecule has 1 aromatic rings. The zero-order valence-corrected chi connectivity index (χ0v) is 9.61. The molecule has 88 valence electrons. The zero-order valence-electron chi connectivity index (χ0n) is 9.61. The number of ketones is 1. The van der Waals surface area contributed by atoms with Crippen molar-refractivity contribution in [3.05, 3.63) is 24.2 Å². The van der Waals surface area contributed by atoms with Crippen LogP contribution in [-0.2, 0) is 0 Å². The Balaban J connectivity index is 1.78. The number of carbonyl (C=O) groups is 1. The van der Waals surface area contributed by atoms with Gasteiger partial charge in [-0.3, -0.25) is 9.69 Å². The van der Waals surface area contributed by atoms with Crippen molar-refractivity contribution in [2.45, 2.75) is 6.42 Å². The maximum Gasteiger partial charge on any atom is 0.211 e. The van der Waals surface area contributed by atoms with Gasteiger partial charge < -0.3 is 9.73 Å². The average Bonchev–Trinajstić information content (AvgIpc) is 2.88. The summed E-state index contributed by atoms with van der Waals surface area (Å²) in [6.45, 7) is 3.58. The van der Waals surface area contributed by atoms with E-state index in [9.17, 15) is 4.79 Å². The van der Waals surface area contributed by atoms with Crippen molar-refractivity contribution in [2.75, 3.05) is 33.2 Å². The molecule has 0 aliphatic carbocycles. The minimum absolute atomic E-state index is 0.0541. The first-order valence-corrected chi connectivity index (χ1v) is 5.71. The number of Topliss-reactive ketones (excluding diaryl/α,β-unsaturated/α-hetero) is 1. The molecule has 0 bridgehead atoms. The van der Waals surface area contributed by atoms with Crippen molar-refractivity contribution in [3.63, 3.8) is 0 Å². The van der Waals surface area contributed by atoms with Gasteiger partial charge in [-0.15, -0.1) is 0 Å². The van der Waals surface area contributed by atoms with Gasteiger partial charge in [0.15, 0.2) is 5.76 Å². The summed E-state index contributed by atoms with van der Waals surface area (Å²) in [7, 11) is 1.99. The average molecular weight is 222 g/mol. The molecular weight excluding hydrogens is 204 g/mol. The molecule has 0 amide bonds. The van der Waals surface area contributed by atoms with Crippen LogP contribution in [-0.4, -0.2) is 43.9 Å². The van der Waals surface area contributed by atoms with Crippen molar-refractivity contribution < 1.29 is 9.21 Å². The highest BCUT2D eigenvalue weighted by atomic mass is 16.3. The molecule has 0 spiro atoms.